The van der Waals surface area contributed by atoms with E-state index in [0.717, 1.165) is 5.56 Å². The summed E-state index contributed by atoms with van der Waals surface area (Å²) in [6.45, 7) is 3.45. The number of hydrogen-bond donors (Lipinski definition) is 1. The number of hydrogen-bond acceptors (Lipinski definition) is 5. The maximum absolute atomic E-state index is 12.6. The molecule has 0 heterocycles. The second kappa shape index (κ2) is 9.94. The Hall–Kier alpha value is -2.80. The Kier molecular flexibility index (Phi) is 7.63. The molecule has 0 radical (unpaired) electrons. The van der Waals surface area contributed by atoms with Crippen molar-refractivity contribution in [1.82, 2.24) is 4.90 Å². The van der Waals surface area contributed by atoms with Crippen molar-refractivity contribution in [3.63, 3.8) is 0 Å². The topological polar surface area (TPSA) is 75.7 Å². The zero-order valence-electron chi connectivity index (χ0n) is 16.4. The smallest absolute Gasteiger partial charge is 0.340 e. The number of anilines is 1. The fourth-order valence-corrected chi connectivity index (χ4v) is 3.29. The maximum atomic E-state index is 12.6. The summed E-state index contributed by atoms with van der Waals surface area (Å²) in [5.41, 5.74) is 1.99. The summed E-state index contributed by atoms with van der Waals surface area (Å²) >= 11 is 1.26. The molecule has 0 aromatic heterocycles. The average molecular weight is 401 g/mol. The van der Waals surface area contributed by atoms with E-state index in [0.29, 0.717) is 16.1 Å². The molecular weight excluding hydrogens is 376 g/mol. The molecule has 2 rings (SSSR count). The Bertz CT molecular complexity index is 867. The normalized spacial score (nSPS) is 11.4. The Labute approximate surface area is 169 Å². The first-order valence-corrected chi connectivity index (χ1v) is 9.77. The third-order valence-electron chi connectivity index (χ3n) is 3.90. The predicted octanol–water partition coefficient (Wildman–Crippen LogP) is 3.36. The van der Waals surface area contributed by atoms with Gasteiger partial charge in [-0.05, 0) is 43.7 Å². The molecule has 0 aliphatic carbocycles. The first kappa shape index (κ1) is 21.5. The molecule has 2 aromatic rings. The van der Waals surface area contributed by atoms with Crippen LogP contribution in [0.1, 0.15) is 22.8 Å². The molecule has 0 spiro atoms. The van der Waals surface area contributed by atoms with Crippen molar-refractivity contribution in [2.45, 2.75) is 24.8 Å². The van der Waals surface area contributed by atoms with Gasteiger partial charge in [0.25, 0.3) is 5.91 Å². The number of nitrogens with one attached hydrogen (secondary N) is 1. The van der Waals surface area contributed by atoms with Crippen molar-refractivity contribution >= 4 is 35.2 Å². The van der Waals surface area contributed by atoms with E-state index in [1.165, 1.54) is 23.6 Å². The second-order valence-electron chi connectivity index (χ2n) is 6.48. The number of amides is 2. The molecular formula is C21H24N2O4S. The molecule has 0 aliphatic rings. The van der Waals surface area contributed by atoms with Gasteiger partial charge in [0, 0.05) is 24.7 Å². The van der Waals surface area contributed by atoms with Crippen molar-refractivity contribution < 1.29 is 19.1 Å². The molecule has 0 bridgehead atoms. The van der Waals surface area contributed by atoms with Gasteiger partial charge < -0.3 is 15.0 Å². The van der Waals surface area contributed by atoms with Gasteiger partial charge in [-0.3, -0.25) is 9.59 Å². The monoisotopic (exact) mass is 400 g/mol. The largest absolute Gasteiger partial charge is 0.449 e. The lowest BCUT2D eigenvalue weighted by Gasteiger charge is -2.15. The summed E-state index contributed by atoms with van der Waals surface area (Å²) in [6, 6.07) is 14.2. The van der Waals surface area contributed by atoms with Crippen LogP contribution < -0.4 is 5.32 Å². The van der Waals surface area contributed by atoms with Gasteiger partial charge in [-0.2, -0.15) is 0 Å². The fraction of sp³-hybridized carbons (Fsp3) is 0.286. The number of carbonyl (C=O) groups excluding carboxylic acids is 3. The minimum absolute atomic E-state index is 0.0564. The van der Waals surface area contributed by atoms with E-state index in [-0.39, 0.29) is 11.7 Å². The summed E-state index contributed by atoms with van der Waals surface area (Å²) < 4.78 is 5.34. The molecule has 28 heavy (non-hydrogen) atoms. The third-order valence-corrected chi connectivity index (χ3v) is 4.95. The first-order valence-electron chi connectivity index (χ1n) is 8.78. The van der Waals surface area contributed by atoms with Crippen LogP contribution in [0.5, 0.6) is 0 Å². The summed E-state index contributed by atoms with van der Waals surface area (Å²) in [4.78, 5) is 38.8. The third kappa shape index (κ3) is 6.13. The molecule has 6 nitrogen and oxygen atoms in total. The van der Waals surface area contributed by atoms with Crippen LogP contribution in [0.25, 0.3) is 0 Å². The number of rotatable bonds is 7. The number of carbonyl (C=O) groups is 3. The van der Waals surface area contributed by atoms with Crippen LogP contribution in [0.2, 0.25) is 0 Å². The van der Waals surface area contributed by atoms with Crippen LogP contribution in [-0.4, -0.2) is 48.6 Å². The summed E-state index contributed by atoms with van der Waals surface area (Å²) in [6.07, 6.45) is -0.963. The number of esters is 1. The minimum atomic E-state index is -0.963. The highest BCUT2D eigenvalue weighted by Crippen LogP contribution is 2.24. The Morgan fingerprint density at radius 1 is 1.11 bits per heavy atom. The van der Waals surface area contributed by atoms with Gasteiger partial charge in [0.15, 0.2) is 6.10 Å². The number of nitrogens with zero attached hydrogens (tertiary/aromatic N) is 1. The van der Waals surface area contributed by atoms with Crippen molar-refractivity contribution in [3.8, 4) is 0 Å². The lowest BCUT2D eigenvalue weighted by atomic mass is 10.2. The van der Waals surface area contributed by atoms with Gasteiger partial charge in [0.05, 0.1) is 11.3 Å². The van der Waals surface area contributed by atoms with Gasteiger partial charge in [-0.1, -0.05) is 24.3 Å². The number of aryl methyl sites for hydroxylation is 1. The van der Waals surface area contributed by atoms with Crippen LogP contribution in [-0.2, 0) is 14.3 Å². The predicted molar refractivity (Wildman–Crippen MR) is 111 cm³/mol. The quantitative estimate of drug-likeness (QED) is 0.570. The molecule has 2 amide bonds. The zero-order valence-corrected chi connectivity index (χ0v) is 17.2. The van der Waals surface area contributed by atoms with Gasteiger partial charge in [0.1, 0.15) is 0 Å². The van der Waals surface area contributed by atoms with Gasteiger partial charge in [-0.15, -0.1) is 11.8 Å². The molecule has 148 valence electrons. The van der Waals surface area contributed by atoms with Crippen molar-refractivity contribution in [2.24, 2.45) is 0 Å². The van der Waals surface area contributed by atoms with E-state index in [1.807, 2.05) is 25.1 Å². The molecule has 0 aliphatic heterocycles. The van der Waals surface area contributed by atoms with Crippen LogP contribution in [0.15, 0.2) is 53.4 Å². The van der Waals surface area contributed by atoms with E-state index in [1.54, 1.807) is 44.4 Å². The van der Waals surface area contributed by atoms with Crippen molar-refractivity contribution in [1.29, 1.82) is 0 Å². The molecule has 1 N–H and O–H groups in total. The lowest BCUT2D eigenvalue weighted by Crippen LogP contribution is -2.30. The van der Waals surface area contributed by atoms with E-state index < -0.39 is 18.0 Å². The standard InChI is InChI=1S/C21H24N2O4S/c1-14-8-7-9-16(12-14)22-20(25)15(2)27-21(26)17-10-5-6-11-18(17)28-13-19(24)23(3)4/h5-12,15H,13H2,1-4H3,(H,22,25)/t15-/m0/s1. The Balaban J connectivity index is 2.01. The minimum Gasteiger partial charge on any atom is -0.449 e. The van der Waals surface area contributed by atoms with E-state index in [9.17, 15) is 14.4 Å². The maximum Gasteiger partial charge on any atom is 0.340 e. The van der Waals surface area contributed by atoms with Crippen molar-refractivity contribution in [2.75, 3.05) is 25.2 Å². The van der Waals surface area contributed by atoms with E-state index in [4.69, 9.17) is 4.74 Å². The fourth-order valence-electron chi connectivity index (χ4n) is 2.27. The van der Waals surface area contributed by atoms with E-state index >= 15 is 0 Å². The Morgan fingerprint density at radius 3 is 2.50 bits per heavy atom. The SMILES string of the molecule is Cc1cccc(NC(=O)[C@H](C)OC(=O)c2ccccc2SCC(=O)N(C)C)c1. The number of thioether (sulfide) groups is 1. The van der Waals surface area contributed by atoms with Crippen LogP contribution in [0.4, 0.5) is 5.69 Å². The highest BCUT2D eigenvalue weighted by molar-refractivity contribution is 8.00. The molecule has 0 saturated carbocycles. The molecule has 0 fully saturated rings. The summed E-state index contributed by atoms with van der Waals surface area (Å²) in [7, 11) is 3.36. The molecule has 0 saturated heterocycles. The highest BCUT2D eigenvalue weighted by atomic mass is 32.2. The van der Waals surface area contributed by atoms with Crippen LogP contribution in [0.3, 0.4) is 0 Å². The summed E-state index contributed by atoms with van der Waals surface area (Å²) in [5, 5.41) is 2.73. The average Bonchev–Trinajstić information content (AvgIpc) is 2.66. The van der Waals surface area contributed by atoms with Crippen molar-refractivity contribution in [3.05, 3.63) is 59.7 Å². The molecule has 1 atom stereocenters. The van der Waals surface area contributed by atoms with Crippen LogP contribution >= 0.6 is 11.8 Å². The summed E-state index contributed by atoms with van der Waals surface area (Å²) in [5.74, 6) is -0.862. The molecule has 7 heteroatoms. The van der Waals surface area contributed by atoms with Gasteiger partial charge >= 0.3 is 5.97 Å². The second-order valence-corrected chi connectivity index (χ2v) is 7.50. The number of benzene rings is 2. The van der Waals surface area contributed by atoms with Crippen LogP contribution in [0, 0.1) is 6.92 Å². The Morgan fingerprint density at radius 2 is 1.82 bits per heavy atom. The first-order chi connectivity index (χ1) is 13.3. The van der Waals surface area contributed by atoms with Gasteiger partial charge in [0.2, 0.25) is 5.91 Å². The molecule has 0 unspecified atom stereocenters. The zero-order chi connectivity index (χ0) is 20.7. The highest BCUT2D eigenvalue weighted by Gasteiger charge is 2.21. The van der Waals surface area contributed by atoms with Gasteiger partial charge in [-0.25, -0.2) is 4.79 Å². The number of ether oxygens (including phenoxy) is 1. The van der Waals surface area contributed by atoms with E-state index in [2.05, 4.69) is 5.32 Å². The molecule has 2 aromatic carbocycles. The lowest BCUT2D eigenvalue weighted by molar-refractivity contribution is -0.126.